The molecule has 12 atom stereocenters. The number of hydrogen-bond acceptors (Lipinski definition) is 12. The molecule has 0 spiro atoms. The van der Waals surface area contributed by atoms with E-state index >= 15 is 0 Å². The molecule has 6 aliphatic rings. The third-order valence-corrected chi connectivity index (χ3v) is 19.4. The van der Waals surface area contributed by atoms with Gasteiger partial charge in [0.15, 0.2) is 11.5 Å². The molecule has 3 aromatic rings. The number of dihydropyridines is 1. The molecule has 1 saturated heterocycles. The molecule has 13 heteroatoms. The lowest BCUT2D eigenvalue weighted by atomic mass is 9.63. The van der Waals surface area contributed by atoms with Crippen molar-refractivity contribution < 1.29 is 40.5 Å². The molecule has 378 valence electrons. The van der Waals surface area contributed by atoms with E-state index in [1.165, 1.54) is 5.56 Å². The van der Waals surface area contributed by atoms with Gasteiger partial charge < -0.3 is 56.5 Å². The van der Waals surface area contributed by atoms with Gasteiger partial charge in [0.05, 0.1) is 24.4 Å². The van der Waals surface area contributed by atoms with Crippen molar-refractivity contribution in [3.05, 3.63) is 118 Å². The Labute approximate surface area is 422 Å². The Hall–Kier alpha value is -3.84. The predicted octanol–water partition coefficient (Wildman–Crippen LogP) is 7.55. The summed E-state index contributed by atoms with van der Waals surface area (Å²) >= 11 is 0. The first kappa shape index (κ1) is 51.1. The Morgan fingerprint density at radius 3 is 2.50 bits per heavy atom. The second-order valence-corrected chi connectivity index (χ2v) is 23.9. The molecule has 0 radical (unpaired) electrons. The zero-order valence-electron chi connectivity index (χ0n) is 40.6. The number of nitrogens with one attached hydrogen (secondary N) is 2. The van der Waals surface area contributed by atoms with Gasteiger partial charge in [-0.15, -0.1) is 0 Å². The van der Waals surface area contributed by atoms with E-state index in [-0.39, 0.29) is 47.9 Å². The normalized spacial score (nSPS) is 33.5. The van der Waals surface area contributed by atoms with Crippen LogP contribution < -0.4 is 15.8 Å². The number of aromatic nitrogens is 1. The maximum atomic E-state index is 12.5. The van der Waals surface area contributed by atoms with Crippen LogP contribution in [0.1, 0.15) is 112 Å². The molecule has 2 aromatic carbocycles. The number of ether oxygens (including phenoxy) is 1. The minimum atomic E-state index is -1.07. The Kier molecular flexibility index (Phi) is 16.4. The summed E-state index contributed by atoms with van der Waals surface area (Å²) < 4.78 is 6.92. The van der Waals surface area contributed by atoms with Crippen molar-refractivity contribution >= 4 is 21.6 Å². The van der Waals surface area contributed by atoms with E-state index < -0.39 is 53.7 Å². The van der Waals surface area contributed by atoms with Crippen LogP contribution in [0.25, 0.3) is 0 Å². The summed E-state index contributed by atoms with van der Waals surface area (Å²) in [5.74, 6) is 7.53. The maximum Gasteiger partial charge on any atom is 0.161 e. The summed E-state index contributed by atoms with van der Waals surface area (Å²) in [6.07, 6.45) is 11.1. The van der Waals surface area contributed by atoms with Gasteiger partial charge >= 0.3 is 0 Å². The number of allylic oxidation sites excluding steroid dienone is 3. The van der Waals surface area contributed by atoms with E-state index in [1.54, 1.807) is 27.7 Å². The topological polar surface area (TPSA) is 205 Å². The average Bonchev–Trinajstić information content (AvgIpc) is 4.03. The van der Waals surface area contributed by atoms with Crippen LogP contribution in [-0.2, 0) is 18.3 Å². The molecule has 2 fully saturated rings. The fourth-order valence-electron chi connectivity index (χ4n) is 13.4. The van der Waals surface area contributed by atoms with E-state index in [1.807, 2.05) is 24.4 Å². The van der Waals surface area contributed by atoms with E-state index in [0.717, 1.165) is 65.6 Å². The van der Waals surface area contributed by atoms with Gasteiger partial charge in [-0.1, -0.05) is 101 Å². The molecule has 2 aliphatic heterocycles. The number of aliphatic hydroxyl groups excluding tert-OH is 6. The number of nitrogens with two attached hydrogens (primary N) is 1. The third-order valence-electron chi connectivity index (χ3n) is 17.0. The standard InChI is InChI=1S/C57H75N3O8S2/c1-2-35-23-37-26-49(65)51(68-52-27-38(24-41-11-8-20-59-41)43-15-21-60-55(58)47(43)33-70-69-32-39(31-62)54(52)67)29-45(37)46-28-50(66)53-36(25-44(35)46)14-18-56(19-22-61,30-42(63)12-13-48(53)64)34-57(16-6-7-17-57)40-9-4-3-5-10-40/h3-5,8-11,15,20,25-26,29,35-36,38-39,42,46,48,50,52-54,59-67H,2,6-7,12-13,16-17,19,21-24,27-28,30-34,58H2,1H3/t35-,36-,38+,39-,42-,46-,48-,50+,52-,53+,54-,56+/m0/s1. The molecule has 0 bridgehead atoms. The highest BCUT2D eigenvalue weighted by molar-refractivity contribution is 8.76. The smallest absolute Gasteiger partial charge is 0.161 e. The zero-order chi connectivity index (χ0) is 49.0. The van der Waals surface area contributed by atoms with Crippen molar-refractivity contribution in [3.8, 4) is 23.3 Å². The third kappa shape index (κ3) is 10.9. The maximum absolute atomic E-state index is 12.5. The fraction of sp³-hybridized carbons (Fsp3) is 0.579. The summed E-state index contributed by atoms with van der Waals surface area (Å²) in [6, 6.07) is 18.4. The Morgan fingerprint density at radius 2 is 1.76 bits per heavy atom. The number of aromatic hydroxyl groups is 1. The lowest BCUT2D eigenvalue weighted by molar-refractivity contribution is -0.0215. The van der Waals surface area contributed by atoms with Crippen LogP contribution in [0.5, 0.6) is 11.5 Å². The number of rotatable bonds is 11. The molecule has 3 heterocycles. The van der Waals surface area contributed by atoms with Crippen LogP contribution in [0.4, 0.5) is 0 Å². The fourth-order valence-corrected chi connectivity index (χ4v) is 15.9. The van der Waals surface area contributed by atoms with Gasteiger partial charge in [-0.05, 0) is 141 Å². The highest BCUT2D eigenvalue weighted by atomic mass is 33.1. The van der Waals surface area contributed by atoms with Crippen LogP contribution in [0.15, 0.2) is 95.5 Å². The first-order valence-electron chi connectivity index (χ1n) is 26.0. The highest BCUT2D eigenvalue weighted by Crippen LogP contribution is 2.53. The Morgan fingerprint density at radius 1 is 0.943 bits per heavy atom. The van der Waals surface area contributed by atoms with Crippen molar-refractivity contribution in [2.45, 2.75) is 139 Å². The monoisotopic (exact) mass is 993 g/mol. The lowest BCUT2D eigenvalue weighted by Gasteiger charge is -2.41. The molecular formula is C57H75N3O8S2. The van der Waals surface area contributed by atoms with Crippen LogP contribution in [0, 0.1) is 46.8 Å². The first-order chi connectivity index (χ1) is 33.9. The molecule has 9 rings (SSSR count). The lowest BCUT2D eigenvalue weighted by Crippen LogP contribution is -2.42. The highest BCUT2D eigenvalue weighted by Gasteiger charge is 2.47. The largest absolute Gasteiger partial charge is 0.504 e. The number of hydrogen-bond donors (Lipinski definition) is 10. The second-order valence-electron chi connectivity index (χ2n) is 21.4. The average molecular weight is 994 g/mol. The number of phenols is 1. The molecular weight excluding hydrogens is 919 g/mol. The first-order valence-corrected chi connectivity index (χ1v) is 28.5. The minimum absolute atomic E-state index is 0.0289. The van der Waals surface area contributed by atoms with E-state index in [9.17, 15) is 35.7 Å². The summed E-state index contributed by atoms with van der Waals surface area (Å²) in [5, 5.41) is 85.1. The van der Waals surface area contributed by atoms with E-state index in [2.05, 4.69) is 71.5 Å². The van der Waals surface area contributed by atoms with Crippen LogP contribution >= 0.6 is 21.6 Å². The molecule has 11 N–H and O–H groups in total. The number of aliphatic hydroxyl groups is 6. The molecule has 4 aliphatic carbocycles. The van der Waals surface area contributed by atoms with Gasteiger partial charge in [0, 0.05) is 77.8 Å². The molecule has 1 aromatic heterocycles. The van der Waals surface area contributed by atoms with E-state index in [0.29, 0.717) is 81.7 Å². The molecule has 0 amide bonds. The number of aromatic amines is 1. The number of phenolic OH excluding ortho intramolecular Hbond substituents is 1. The van der Waals surface area contributed by atoms with Gasteiger partial charge in [-0.25, -0.2) is 0 Å². The summed E-state index contributed by atoms with van der Waals surface area (Å²) in [5.41, 5.74) is 13.3. The molecule has 1 saturated carbocycles. The minimum Gasteiger partial charge on any atom is -0.504 e. The van der Waals surface area contributed by atoms with Crippen LogP contribution in [0.2, 0.25) is 0 Å². The molecule has 11 nitrogen and oxygen atoms in total. The summed E-state index contributed by atoms with van der Waals surface area (Å²) in [6.45, 7) is 2.45. The quantitative estimate of drug-likeness (QED) is 0.0514. The SMILES string of the molecule is CC[C@H]1Cc2cc(O)c(O[C@H]3C[C@@H](Cc4ccc[nH]4)C4=CCNC(N)=C4CSSC[C@H](CO)[C@@H]3O)cc2[C@H]2C[C@@H](O)[C@@H]3[C@@H](C#C[C@](CCO)(CC4(c5ccccc5)CCCC4)C[C@@H](O)CC[C@@H]3O)C=C12. The molecule has 0 unspecified atom stereocenters. The second kappa shape index (κ2) is 22.5. The molecule has 70 heavy (non-hydrogen) atoms. The van der Waals surface area contributed by atoms with Gasteiger partial charge in [0.1, 0.15) is 11.9 Å². The predicted molar refractivity (Wildman–Crippen MR) is 279 cm³/mol. The summed E-state index contributed by atoms with van der Waals surface area (Å²) in [7, 11) is 3.24. The number of H-pyrrole nitrogens is 1. The van der Waals surface area contributed by atoms with Crippen molar-refractivity contribution in [2.75, 3.05) is 31.3 Å². The van der Waals surface area contributed by atoms with Crippen LogP contribution in [-0.4, -0.2) is 103 Å². The van der Waals surface area contributed by atoms with E-state index in [4.69, 9.17) is 10.5 Å². The van der Waals surface area contributed by atoms with Gasteiger partial charge in [0.2, 0.25) is 0 Å². The van der Waals surface area contributed by atoms with Gasteiger partial charge in [0.25, 0.3) is 0 Å². The van der Waals surface area contributed by atoms with Gasteiger partial charge in [-0.3, -0.25) is 0 Å². The Bertz CT molecular complexity index is 2410. The van der Waals surface area contributed by atoms with Gasteiger partial charge in [-0.2, -0.15) is 0 Å². The van der Waals surface area contributed by atoms with Crippen molar-refractivity contribution in [2.24, 2.45) is 40.7 Å². The Balaban J connectivity index is 1.09. The van der Waals surface area contributed by atoms with Crippen molar-refractivity contribution in [1.29, 1.82) is 0 Å². The van der Waals surface area contributed by atoms with Crippen molar-refractivity contribution in [3.63, 3.8) is 0 Å². The number of fused-ring (bicyclic) bond motifs is 5. The summed E-state index contributed by atoms with van der Waals surface area (Å²) in [4.78, 5) is 3.36. The van der Waals surface area contributed by atoms with Crippen LogP contribution in [0.3, 0.4) is 0 Å². The van der Waals surface area contributed by atoms with Crippen molar-refractivity contribution in [1.82, 2.24) is 10.3 Å². The number of benzene rings is 2. The zero-order valence-corrected chi connectivity index (χ0v) is 42.3.